The lowest BCUT2D eigenvalue weighted by Gasteiger charge is -2.22. The molecule has 1 aromatic heterocycles. The Kier molecular flexibility index (Phi) is 7.13. The Morgan fingerprint density at radius 3 is 3.08 bits per heavy atom. The number of carbonyl (C=O) groups is 2. The molecule has 0 spiro atoms. The monoisotopic (exact) mass is 398 g/mol. The lowest BCUT2D eigenvalue weighted by molar-refractivity contribution is -0.143. The first kappa shape index (κ1) is 18.3. The van der Waals surface area contributed by atoms with Crippen molar-refractivity contribution < 1.29 is 19.1 Å². The number of rotatable bonds is 3. The minimum atomic E-state index is -0.469. The summed E-state index contributed by atoms with van der Waals surface area (Å²) in [5.74, 6) is -0.853. The van der Waals surface area contributed by atoms with Crippen LogP contribution in [0, 0.1) is 0 Å². The van der Waals surface area contributed by atoms with Crippen LogP contribution >= 0.6 is 15.9 Å². The van der Waals surface area contributed by atoms with E-state index in [1.807, 2.05) is 0 Å². The molecule has 0 saturated heterocycles. The van der Waals surface area contributed by atoms with Gasteiger partial charge in [0.25, 0.3) is 5.91 Å². The van der Waals surface area contributed by atoms with Crippen LogP contribution in [0.3, 0.4) is 0 Å². The van der Waals surface area contributed by atoms with Crippen LogP contribution < -0.4 is 5.32 Å². The molecule has 8 nitrogen and oxygen atoms in total. The molecule has 2 rings (SSSR count). The van der Waals surface area contributed by atoms with Crippen molar-refractivity contribution in [3.05, 3.63) is 22.4 Å². The minimum Gasteiger partial charge on any atom is -0.465 e. The van der Waals surface area contributed by atoms with E-state index in [2.05, 4.69) is 31.2 Å². The van der Waals surface area contributed by atoms with E-state index in [0.29, 0.717) is 30.0 Å². The lowest BCUT2D eigenvalue weighted by atomic mass is 10.2. The third-order valence-electron chi connectivity index (χ3n) is 3.16. The second kappa shape index (κ2) is 9.33. The average Bonchev–Trinajstić information content (AvgIpc) is 2.55. The highest BCUT2D eigenvalue weighted by molar-refractivity contribution is 9.10. The fourth-order valence-corrected chi connectivity index (χ4v) is 2.36. The first-order valence-corrected chi connectivity index (χ1v) is 8.35. The summed E-state index contributed by atoms with van der Waals surface area (Å²) in [5.41, 5.74) is 0.711. The number of ether oxygens (including phenoxy) is 2. The molecule has 0 radical (unpaired) electrons. The topological polar surface area (TPSA) is 93.1 Å². The van der Waals surface area contributed by atoms with Crippen molar-refractivity contribution in [3.8, 4) is 0 Å². The van der Waals surface area contributed by atoms with Crippen molar-refractivity contribution in [1.29, 1.82) is 0 Å². The second-order valence-corrected chi connectivity index (χ2v) is 5.67. The molecular weight excluding hydrogens is 380 g/mol. The third kappa shape index (κ3) is 5.27. The van der Waals surface area contributed by atoms with Gasteiger partial charge in [-0.25, -0.2) is 4.98 Å². The van der Waals surface area contributed by atoms with E-state index in [4.69, 9.17) is 9.47 Å². The maximum absolute atomic E-state index is 12.8. The maximum Gasteiger partial charge on any atom is 0.325 e. The van der Waals surface area contributed by atoms with Gasteiger partial charge in [0.15, 0.2) is 5.69 Å². The summed E-state index contributed by atoms with van der Waals surface area (Å²) in [6.45, 7) is 3.32. The Morgan fingerprint density at radius 2 is 2.29 bits per heavy atom. The number of aliphatic imine (C=N–C) groups is 1. The normalized spacial score (nSPS) is 15.8. The molecule has 1 N–H and O–H groups in total. The minimum absolute atomic E-state index is 0.155. The number of aromatic nitrogens is 1. The zero-order chi connectivity index (χ0) is 17.4. The van der Waals surface area contributed by atoms with Gasteiger partial charge in [-0.1, -0.05) is 0 Å². The maximum atomic E-state index is 12.8. The molecule has 0 bridgehead atoms. The van der Waals surface area contributed by atoms with Gasteiger partial charge >= 0.3 is 5.97 Å². The van der Waals surface area contributed by atoms with E-state index in [1.165, 1.54) is 11.2 Å². The highest BCUT2D eigenvalue weighted by Gasteiger charge is 2.23. The number of nitrogens with one attached hydrogen (secondary N) is 1. The quantitative estimate of drug-likeness (QED) is 0.609. The van der Waals surface area contributed by atoms with Crippen LogP contribution in [0.4, 0.5) is 5.69 Å². The molecule has 0 aliphatic carbocycles. The number of anilines is 1. The number of hydrogen-bond acceptors (Lipinski definition) is 7. The van der Waals surface area contributed by atoms with Gasteiger partial charge in [-0.05, 0) is 35.0 Å². The molecule has 130 valence electrons. The first-order valence-electron chi connectivity index (χ1n) is 7.56. The summed E-state index contributed by atoms with van der Waals surface area (Å²) in [4.78, 5) is 34.4. The number of carbonyl (C=O) groups excluding carboxylic acids is 2. The number of amides is 1. The number of nitrogens with zero attached hydrogens (tertiary/aromatic N) is 3. The van der Waals surface area contributed by atoms with E-state index in [0.717, 1.165) is 0 Å². The van der Waals surface area contributed by atoms with Crippen molar-refractivity contribution in [3.63, 3.8) is 0 Å². The van der Waals surface area contributed by atoms with Crippen molar-refractivity contribution in [1.82, 2.24) is 9.88 Å². The predicted octanol–water partition coefficient (Wildman–Crippen LogP) is 1.32. The van der Waals surface area contributed by atoms with Crippen molar-refractivity contribution in [2.75, 3.05) is 44.8 Å². The Hall–Kier alpha value is -2.00. The Balaban J connectivity index is 2.30. The molecule has 1 aliphatic rings. The smallest absolute Gasteiger partial charge is 0.325 e. The third-order valence-corrected chi connectivity index (χ3v) is 3.60. The summed E-state index contributed by atoms with van der Waals surface area (Å²) in [7, 11) is 0. The standard InChI is InChI=1S/C15H19BrN4O4/c1-2-24-13(21)9-20-6-8-23-7-5-17-10-18-11-3-4-12(16)19-14(11)15(20)22/h3-4,10H,2,5-9H2,1H3,(H,17,18). The zero-order valence-corrected chi connectivity index (χ0v) is 14.9. The van der Waals surface area contributed by atoms with Crippen LogP contribution in [0.1, 0.15) is 17.4 Å². The van der Waals surface area contributed by atoms with Crippen LogP contribution in [0.25, 0.3) is 0 Å². The number of hydrogen-bond donors (Lipinski definition) is 1. The van der Waals surface area contributed by atoms with Crippen molar-refractivity contribution >= 4 is 39.8 Å². The molecule has 9 heteroatoms. The lowest BCUT2D eigenvalue weighted by Crippen LogP contribution is -2.39. The van der Waals surface area contributed by atoms with E-state index in [1.54, 1.807) is 19.1 Å². The molecule has 0 fully saturated rings. The van der Waals surface area contributed by atoms with Crippen molar-refractivity contribution in [2.24, 2.45) is 4.99 Å². The Labute approximate surface area is 148 Å². The fourth-order valence-electron chi connectivity index (χ4n) is 2.05. The molecular formula is C15H19BrN4O4. The molecule has 0 saturated carbocycles. The van der Waals surface area contributed by atoms with E-state index < -0.39 is 5.97 Å². The highest BCUT2D eigenvalue weighted by atomic mass is 79.9. The van der Waals surface area contributed by atoms with Gasteiger partial charge in [0.2, 0.25) is 0 Å². The van der Waals surface area contributed by atoms with Gasteiger partial charge in [-0.3, -0.25) is 14.6 Å². The van der Waals surface area contributed by atoms with Gasteiger partial charge in [0.1, 0.15) is 11.1 Å². The highest BCUT2D eigenvalue weighted by Crippen LogP contribution is 2.19. The second-order valence-electron chi connectivity index (χ2n) is 4.85. The van der Waals surface area contributed by atoms with Crippen LogP contribution in [0.2, 0.25) is 0 Å². The molecule has 2 heterocycles. The fraction of sp³-hybridized carbons (Fsp3) is 0.467. The molecule has 1 aliphatic heterocycles. The van der Waals surface area contributed by atoms with E-state index in [-0.39, 0.29) is 31.3 Å². The van der Waals surface area contributed by atoms with Crippen molar-refractivity contribution in [2.45, 2.75) is 6.92 Å². The number of pyridine rings is 1. The first-order chi connectivity index (χ1) is 11.6. The zero-order valence-electron chi connectivity index (χ0n) is 13.3. The molecule has 1 amide bonds. The molecule has 0 unspecified atom stereocenters. The summed E-state index contributed by atoms with van der Waals surface area (Å²) in [6.07, 6.45) is 1.50. The summed E-state index contributed by atoms with van der Waals surface area (Å²) >= 11 is 3.26. The van der Waals surface area contributed by atoms with E-state index in [9.17, 15) is 9.59 Å². The molecule has 1 aromatic rings. The number of halogens is 1. The summed E-state index contributed by atoms with van der Waals surface area (Å²) in [6, 6.07) is 3.44. The van der Waals surface area contributed by atoms with Crippen LogP contribution in [-0.4, -0.2) is 67.6 Å². The average molecular weight is 399 g/mol. The Bertz CT molecular complexity index is 623. The van der Waals surface area contributed by atoms with Gasteiger partial charge in [0, 0.05) is 6.54 Å². The van der Waals surface area contributed by atoms with Crippen LogP contribution in [0.15, 0.2) is 21.7 Å². The Morgan fingerprint density at radius 1 is 1.46 bits per heavy atom. The predicted molar refractivity (Wildman–Crippen MR) is 92.3 cm³/mol. The molecule has 0 atom stereocenters. The van der Waals surface area contributed by atoms with Gasteiger partial charge in [-0.15, -0.1) is 0 Å². The molecule has 24 heavy (non-hydrogen) atoms. The molecule has 0 aromatic carbocycles. The van der Waals surface area contributed by atoms with Gasteiger partial charge < -0.3 is 19.7 Å². The van der Waals surface area contributed by atoms with Crippen LogP contribution in [-0.2, 0) is 14.3 Å². The van der Waals surface area contributed by atoms with E-state index >= 15 is 0 Å². The number of esters is 1. The summed E-state index contributed by atoms with van der Waals surface area (Å²) < 4.78 is 10.9. The number of fused-ring (bicyclic) bond motifs is 1. The van der Waals surface area contributed by atoms with Crippen LogP contribution in [0.5, 0.6) is 0 Å². The summed E-state index contributed by atoms with van der Waals surface area (Å²) in [5, 5.41) is 2.94. The van der Waals surface area contributed by atoms with Gasteiger partial charge in [0.05, 0.1) is 38.4 Å². The SMILES string of the molecule is CCOC(=O)CN1CCOCCN=CNc2ccc(Br)nc2C1=O. The largest absolute Gasteiger partial charge is 0.465 e. The van der Waals surface area contributed by atoms with Gasteiger partial charge in [-0.2, -0.15) is 0 Å².